The van der Waals surface area contributed by atoms with E-state index < -0.39 is 0 Å². The smallest absolute Gasteiger partial charge is 0.133 e. The number of carbonyl (C=O) groups excluding carboxylic acids is 1. The molecule has 0 aliphatic heterocycles. The molecular formula is C12H17NO2. The molecule has 0 heterocycles. The van der Waals surface area contributed by atoms with Gasteiger partial charge in [0.05, 0.1) is 13.7 Å². The molecule has 1 rings (SSSR count). The van der Waals surface area contributed by atoms with E-state index in [0.29, 0.717) is 6.54 Å². The summed E-state index contributed by atoms with van der Waals surface area (Å²) in [6.45, 7) is 5.22. The zero-order valence-corrected chi connectivity index (χ0v) is 9.46. The van der Waals surface area contributed by atoms with Gasteiger partial charge in [-0.25, -0.2) is 0 Å². The molecule has 0 aromatic heterocycles. The Labute approximate surface area is 90.4 Å². The Morgan fingerprint density at radius 3 is 2.67 bits per heavy atom. The maximum absolute atomic E-state index is 10.2. The van der Waals surface area contributed by atoms with E-state index in [1.807, 2.05) is 19.1 Å². The van der Waals surface area contributed by atoms with Crippen LogP contribution in [0.1, 0.15) is 16.7 Å². The van der Waals surface area contributed by atoms with E-state index >= 15 is 0 Å². The lowest BCUT2D eigenvalue weighted by molar-refractivity contribution is -0.107. The lowest BCUT2D eigenvalue weighted by Gasteiger charge is -2.12. The average Bonchev–Trinajstić information content (AvgIpc) is 2.25. The number of aldehydes is 1. The summed E-state index contributed by atoms with van der Waals surface area (Å²) in [5, 5.41) is 3.05. The van der Waals surface area contributed by atoms with E-state index in [2.05, 4.69) is 12.2 Å². The first-order chi connectivity index (χ1) is 7.20. The minimum absolute atomic E-state index is 0.393. The second-order valence-electron chi connectivity index (χ2n) is 3.47. The van der Waals surface area contributed by atoms with Crippen LogP contribution in [0.3, 0.4) is 0 Å². The van der Waals surface area contributed by atoms with Crippen LogP contribution >= 0.6 is 0 Å². The molecule has 0 bridgehead atoms. The van der Waals surface area contributed by atoms with Gasteiger partial charge in [0.15, 0.2) is 0 Å². The van der Waals surface area contributed by atoms with Gasteiger partial charge in [0.1, 0.15) is 12.0 Å². The van der Waals surface area contributed by atoms with Crippen LogP contribution in [-0.2, 0) is 11.3 Å². The Kier molecular flexibility index (Phi) is 4.31. The second kappa shape index (κ2) is 5.51. The summed E-state index contributed by atoms with van der Waals surface area (Å²) in [6, 6.07) is 3.99. The number of hydrogen-bond acceptors (Lipinski definition) is 3. The van der Waals surface area contributed by atoms with Crippen LogP contribution in [0, 0.1) is 13.8 Å². The molecule has 82 valence electrons. The van der Waals surface area contributed by atoms with Gasteiger partial charge < -0.3 is 14.8 Å². The second-order valence-corrected chi connectivity index (χ2v) is 3.47. The van der Waals surface area contributed by atoms with Gasteiger partial charge in [-0.3, -0.25) is 0 Å². The summed E-state index contributed by atoms with van der Waals surface area (Å²) < 4.78 is 5.23. The average molecular weight is 207 g/mol. The fraction of sp³-hybridized carbons (Fsp3) is 0.417. The Balaban J connectivity index is 2.81. The molecule has 0 saturated carbocycles. The van der Waals surface area contributed by atoms with Crippen LogP contribution in [0.5, 0.6) is 5.75 Å². The fourth-order valence-electron chi connectivity index (χ4n) is 1.53. The number of benzene rings is 1. The third-order valence-electron chi connectivity index (χ3n) is 2.61. The highest BCUT2D eigenvalue weighted by atomic mass is 16.5. The summed E-state index contributed by atoms with van der Waals surface area (Å²) in [6.07, 6.45) is 0.867. The number of hydrogen-bond donors (Lipinski definition) is 1. The highest BCUT2D eigenvalue weighted by Crippen LogP contribution is 2.23. The Morgan fingerprint density at radius 2 is 2.07 bits per heavy atom. The monoisotopic (exact) mass is 207 g/mol. The van der Waals surface area contributed by atoms with Crippen molar-refractivity contribution in [3.63, 3.8) is 0 Å². The van der Waals surface area contributed by atoms with Crippen molar-refractivity contribution in [3.05, 3.63) is 28.8 Å². The first-order valence-corrected chi connectivity index (χ1v) is 4.98. The number of methoxy groups -OCH3 is 1. The number of nitrogens with one attached hydrogen (secondary N) is 1. The molecule has 0 spiro atoms. The maximum atomic E-state index is 10.2. The van der Waals surface area contributed by atoms with Crippen molar-refractivity contribution in [2.75, 3.05) is 13.7 Å². The van der Waals surface area contributed by atoms with Crippen LogP contribution in [0.15, 0.2) is 12.1 Å². The van der Waals surface area contributed by atoms with E-state index in [4.69, 9.17) is 4.74 Å². The topological polar surface area (TPSA) is 38.3 Å². The number of carbonyl (C=O) groups is 1. The lowest BCUT2D eigenvalue weighted by Crippen LogP contribution is -2.16. The Hall–Kier alpha value is -1.35. The molecule has 0 atom stereocenters. The molecule has 0 unspecified atom stereocenters. The maximum Gasteiger partial charge on any atom is 0.133 e. The van der Waals surface area contributed by atoms with Crippen LogP contribution in [0.25, 0.3) is 0 Å². The zero-order valence-electron chi connectivity index (χ0n) is 9.46. The summed E-state index contributed by atoms with van der Waals surface area (Å²) in [5.41, 5.74) is 3.57. The minimum atomic E-state index is 0.393. The first-order valence-electron chi connectivity index (χ1n) is 4.98. The van der Waals surface area contributed by atoms with Crippen molar-refractivity contribution in [1.29, 1.82) is 0 Å². The molecule has 0 saturated heterocycles. The third kappa shape index (κ3) is 2.80. The highest BCUT2D eigenvalue weighted by Gasteiger charge is 2.05. The summed E-state index contributed by atoms with van der Waals surface area (Å²) >= 11 is 0. The van der Waals surface area contributed by atoms with Gasteiger partial charge in [-0.05, 0) is 36.6 Å². The van der Waals surface area contributed by atoms with Gasteiger partial charge >= 0.3 is 0 Å². The van der Waals surface area contributed by atoms with E-state index in [9.17, 15) is 4.79 Å². The third-order valence-corrected chi connectivity index (χ3v) is 2.61. The Morgan fingerprint density at radius 1 is 1.33 bits per heavy atom. The highest BCUT2D eigenvalue weighted by molar-refractivity contribution is 5.52. The molecule has 0 radical (unpaired) electrons. The van der Waals surface area contributed by atoms with E-state index in [1.165, 1.54) is 11.1 Å². The van der Waals surface area contributed by atoms with E-state index in [0.717, 1.165) is 24.1 Å². The van der Waals surface area contributed by atoms with Crippen molar-refractivity contribution in [2.24, 2.45) is 0 Å². The molecule has 0 aliphatic rings. The standard InChI is InChI=1S/C12H17NO2/c1-9-10(2)12(15-3)5-4-11(9)8-13-6-7-14/h4-5,7,13H,6,8H2,1-3H3. The van der Waals surface area contributed by atoms with E-state index in [-0.39, 0.29) is 0 Å². The predicted octanol–water partition coefficient (Wildman–Crippen LogP) is 1.60. The largest absolute Gasteiger partial charge is 0.496 e. The summed E-state index contributed by atoms with van der Waals surface area (Å²) in [5.74, 6) is 0.909. The number of ether oxygens (including phenoxy) is 1. The molecule has 3 nitrogen and oxygen atoms in total. The SMILES string of the molecule is COc1ccc(CNCC=O)c(C)c1C. The van der Waals surface area contributed by atoms with Crippen molar-refractivity contribution in [2.45, 2.75) is 20.4 Å². The van der Waals surface area contributed by atoms with Gasteiger partial charge in [0.25, 0.3) is 0 Å². The van der Waals surface area contributed by atoms with Gasteiger partial charge in [-0.2, -0.15) is 0 Å². The van der Waals surface area contributed by atoms with Crippen molar-refractivity contribution >= 4 is 6.29 Å². The molecule has 3 heteroatoms. The lowest BCUT2D eigenvalue weighted by atomic mass is 10.0. The molecule has 0 aliphatic carbocycles. The molecular weight excluding hydrogens is 190 g/mol. The van der Waals surface area contributed by atoms with Gasteiger partial charge in [-0.1, -0.05) is 6.07 Å². The van der Waals surface area contributed by atoms with Crippen molar-refractivity contribution in [3.8, 4) is 5.75 Å². The van der Waals surface area contributed by atoms with Gasteiger partial charge in [0, 0.05) is 6.54 Å². The molecule has 1 N–H and O–H groups in total. The van der Waals surface area contributed by atoms with Crippen LogP contribution < -0.4 is 10.1 Å². The van der Waals surface area contributed by atoms with Crippen LogP contribution in [-0.4, -0.2) is 19.9 Å². The van der Waals surface area contributed by atoms with Crippen molar-refractivity contribution in [1.82, 2.24) is 5.32 Å². The van der Waals surface area contributed by atoms with Crippen molar-refractivity contribution < 1.29 is 9.53 Å². The molecule has 0 amide bonds. The quantitative estimate of drug-likeness (QED) is 0.588. The first kappa shape index (κ1) is 11.7. The van der Waals surface area contributed by atoms with Gasteiger partial charge in [0.2, 0.25) is 0 Å². The normalized spacial score (nSPS) is 10.1. The molecule has 15 heavy (non-hydrogen) atoms. The summed E-state index contributed by atoms with van der Waals surface area (Å²) in [7, 11) is 1.67. The molecule has 1 aromatic carbocycles. The minimum Gasteiger partial charge on any atom is -0.496 e. The fourth-order valence-corrected chi connectivity index (χ4v) is 1.53. The molecule has 0 fully saturated rings. The van der Waals surface area contributed by atoms with Crippen LogP contribution in [0.4, 0.5) is 0 Å². The Bertz CT molecular complexity index is 348. The van der Waals surface area contributed by atoms with Gasteiger partial charge in [-0.15, -0.1) is 0 Å². The summed E-state index contributed by atoms with van der Waals surface area (Å²) in [4.78, 5) is 10.2. The molecule has 1 aromatic rings. The number of rotatable bonds is 5. The zero-order chi connectivity index (χ0) is 11.3. The van der Waals surface area contributed by atoms with E-state index in [1.54, 1.807) is 7.11 Å². The predicted molar refractivity (Wildman–Crippen MR) is 60.2 cm³/mol. The van der Waals surface area contributed by atoms with Crippen LogP contribution in [0.2, 0.25) is 0 Å².